The molecule has 0 radical (unpaired) electrons. The molecule has 1 aliphatic heterocycles. The van der Waals surface area contributed by atoms with Crippen LogP contribution in [0.1, 0.15) is 52.4 Å². The minimum Gasteiger partial charge on any atom is -0.375 e. The van der Waals surface area contributed by atoms with E-state index in [4.69, 9.17) is 4.74 Å². The smallest absolute Gasteiger partial charge is 0.0603 e. The van der Waals surface area contributed by atoms with Crippen LogP contribution in [0.5, 0.6) is 0 Å². The summed E-state index contributed by atoms with van der Waals surface area (Å²) < 4.78 is 6.12. The summed E-state index contributed by atoms with van der Waals surface area (Å²) in [4.78, 5) is 2.60. The van der Waals surface area contributed by atoms with Crippen LogP contribution in [0.25, 0.3) is 0 Å². The van der Waals surface area contributed by atoms with Crippen LogP contribution >= 0.6 is 0 Å². The molecule has 0 amide bonds. The number of ether oxygens (including phenoxy) is 1. The SMILES string of the molecule is CCCCN1CCC(O[C@H]2C[C@H](C)C2)CC1. The highest BCUT2D eigenvalue weighted by molar-refractivity contribution is 4.80. The third kappa shape index (κ3) is 3.46. The molecule has 1 saturated heterocycles. The molecule has 16 heavy (non-hydrogen) atoms. The molecule has 2 aliphatic rings. The molecule has 1 heterocycles. The Morgan fingerprint density at radius 3 is 2.38 bits per heavy atom. The molecule has 0 aromatic carbocycles. The van der Waals surface area contributed by atoms with Crippen LogP contribution in [0, 0.1) is 5.92 Å². The lowest BCUT2D eigenvalue weighted by Gasteiger charge is -2.39. The van der Waals surface area contributed by atoms with Crippen LogP contribution in [0.4, 0.5) is 0 Å². The maximum absolute atomic E-state index is 6.12. The highest BCUT2D eigenvalue weighted by Crippen LogP contribution is 2.31. The lowest BCUT2D eigenvalue weighted by Crippen LogP contribution is -2.41. The Morgan fingerprint density at radius 1 is 1.12 bits per heavy atom. The van der Waals surface area contributed by atoms with Gasteiger partial charge in [-0.1, -0.05) is 20.3 Å². The summed E-state index contributed by atoms with van der Waals surface area (Å²) in [5.74, 6) is 0.912. The summed E-state index contributed by atoms with van der Waals surface area (Å²) >= 11 is 0. The normalized spacial score (nSPS) is 32.6. The number of unbranched alkanes of at least 4 members (excludes halogenated alkanes) is 1. The van der Waals surface area contributed by atoms with E-state index in [1.165, 1.54) is 58.2 Å². The Balaban J connectivity index is 1.58. The van der Waals surface area contributed by atoms with Crippen LogP contribution in [0.15, 0.2) is 0 Å². The maximum atomic E-state index is 6.12. The first-order chi connectivity index (χ1) is 7.78. The molecule has 1 aliphatic carbocycles. The maximum Gasteiger partial charge on any atom is 0.0603 e. The van der Waals surface area contributed by atoms with E-state index in [0.717, 1.165) is 5.92 Å². The van der Waals surface area contributed by atoms with E-state index in [9.17, 15) is 0 Å². The Morgan fingerprint density at radius 2 is 1.81 bits per heavy atom. The quantitative estimate of drug-likeness (QED) is 0.713. The first-order valence-electron chi connectivity index (χ1n) is 7.15. The van der Waals surface area contributed by atoms with Crippen LogP contribution < -0.4 is 0 Å². The van der Waals surface area contributed by atoms with Gasteiger partial charge in [-0.3, -0.25) is 0 Å². The lowest BCUT2D eigenvalue weighted by molar-refractivity contribution is -0.0904. The van der Waals surface area contributed by atoms with E-state index in [1.807, 2.05) is 0 Å². The van der Waals surface area contributed by atoms with E-state index < -0.39 is 0 Å². The summed E-state index contributed by atoms with van der Waals surface area (Å²) in [5, 5.41) is 0. The van der Waals surface area contributed by atoms with E-state index in [2.05, 4.69) is 18.7 Å². The summed E-state index contributed by atoms with van der Waals surface area (Å²) in [5.41, 5.74) is 0. The van der Waals surface area contributed by atoms with Crippen LogP contribution in [0.2, 0.25) is 0 Å². The van der Waals surface area contributed by atoms with Crippen LogP contribution in [-0.4, -0.2) is 36.7 Å². The number of rotatable bonds is 5. The molecule has 0 N–H and O–H groups in total. The van der Waals surface area contributed by atoms with Crippen molar-refractivity contribution in [3.8, 4) is 0 Å². The molecule has 0 unspecified atom stereocenters. The van der Waals surface area contributed by atoms with Crippen molar-refractivity contribution in [1.29, 1.82) is 0 Å². The molecular formula is C14H27NO. The van der Waals surface area contributed by atoms with Gasteiger partial charge >= 0.3 is 0 Å². The fraction of sp³-hybridized carbons (Fsp3) is 1.00. The predicted octanol–water partition coefficient (Wildman–Crippen LogP) is 3.07. The molecule has 1 saturated carbocycles. The topological polar surface area (TPSA) is 12.5 Å². The third-order valence-corrected chi connectivity index (χ3v) is 4.08. The Labute approximate surface area is 100 Å². The number of piperidine rings is 1. The molecule has 0 bridgehead atoms. The zero-order valence-corrected chi connectivity index (χ0v) is 11.0. The number of hydrogen-bond acceptors (Lipinski definition) is 2. The van der Waals surface area contributed by atoms with Gasteiger partial charge in [-0.15, -0.1) is 0 Å². The monoisotopic (exact) mass is 225 g/mol. The second-order valence-electron chi connectivity index (χ2n) is 5.73. The first-order valence-corrected chi connectivity index (χ1v) is 7.15. The second-order valence-corrected chi connectivity index (χ2v) is 5.73. The standard InChI is InChI=1S/C14H27NO/c1-3-4-7-15-8-5-13(6-9-15)16-14-10-12(2)11-14/h12-14H,3-11H2,1-2H3/t12-,14-. The predicted molar refractivity (Wildman–Crippen MR) is 67.6 cm³/mol. The van der Waals surface area contributed by atoms with Crippen molar-refractivity contribution >= 4 is 0 Å². The van der Waals surface area contributed by atoms with Crippen molar-refractivity contribution in [2.45, 2.75) is 64.6 Å². The van der Waals surface area contributed by atoms with Crippen molar-refractivity contribution in [3.63, 3.8) is 0 Å². The van der Waals surface area contributed by atoms with Gasteiger partial charge in [-0.25, -0.2) is 0 Å². The van der Waals surface area contributed by atoms with E-state index in [1.54, 1.807) is 0 Å². The molecule has 94 valence electrons. The highest BCUT2D eigenvalue weighted by atomic mass is 16.5. The minimum atomic E-state index is 0.565. The number of likely N-dealkylation sites (tertiary alicyclic amines) is 1. The van der Waals surface area contributed by atoms with E-state index >= 15 is 0 Å². The number of nitrogens with zero attached hydrogens (tertiary/aromatic N) is 1. The first kappa shape index (κ1) is 12.4. The van der Waals surface area contributed by atoms with Crippen molar-refractivity contribution < 1.29 is 4.74 Å². The average molecular weight is 225 g/mol. The molecule has 0 atom stereocenters. The Kier molecular flexibility index (Phi) is 4.66. The zero-order chi connectivity index (χ0) is 11.4. The van der Waals surface area contributed by atoms with Crippen molar-refractivity contribution in [1.82, 2.24) is 4.90 Å². The summed E-state index contributed by atoms with van der Waals surface area (Å²) in [7, 11) is 0. The molecule has 2 heteroatoms. The summed E-state index contributed by atoms with van der Waals surface area (Å²) in [6.07, 6.45) is 8.95. The molecule has 0 aromatic rings. The molecule has 0 aromatic heterocycles. The Bertz CT molecular complexity index is 193. The van der Waals surface area contributed by atoms with E-state index in [0.29, 0.717) is 12.2 Å². The zero-order valence-electron chi connectivity index (χ0n) is 11.0. The van der Waals surface area contributed by atoms with Crippen molar-refractivity contribution in [2.24, 2.45) is 5.92 Å². The van der Waals surface area contributed by atoms with Gasteiger partial charge in [0.15, 0.2) is 0 Å². The number of hydrogen-bond donors (Lipinski definition) is 0. The summed E-state index contributed by atoms with van der Waals surface area (Å²) in [6, 6.07) is 0. The fourth-order valence-electron chi connectivity index (χ4n) is 2.86. The van der Waals surface area contributed by atoms with Crippen LogP contribution in [0.3, 0.4) is 0 Å². The molecule has 0 spiro atoms. The Hall–Kier alpha value is -0.0800. The minimum absolute atomic E-state index is 0.565. The largest absolute Gasteiger partial charge is 0.375 e. The fourth-order valence-corrected chi connectivity index (χ4v) is 2.86. The van der Waals surface area contributed by atoms with Gasteiger partial charge < -0.3 is 9.64 Å². The lowest BCUT2D eigenvalue weighted by atomic mass is 9.84. The van der Waals surface area contributed by atoms with Crippen molar-refractivity contribution in [2.75, 3.05) is 19.6 Å². The van der Waals surface area contributed by atoms with Gasteiger partial charge in [-0.05, 0) is 44.6 Å². The van der Waals surface area contributed by atoms with Crippen molar-refractivity contribution in [3.05, 3.63) is 0 Å². The van der Waals surface area contributed by atoms with Crippen LogP contribution in [-0.2, 0) is 4.74 Å². The highest BCUT2D eigenvalue weighted by Gasteiger charge is 2.29. The van der Waals surface area contributed by atoms with Gasteiger partial charge in [0, 0.05) is 13.1 Å². The van der Waals surface area contributed by atoms with Gasteiger partial charge in [0.2, 0.25) is 0 Å². The van der Waals surface area contributed by atoms with E-state index in [-0.39, 0.29) is 0 Å². The average Bonchev–Trinajstić information content (AvgIpc) is 2.26. The molecule has 2 fully saturated rings. The summed E-state index contributed by atoms with van der Waals surface area (Å²) in [6.45, 7) is 8.41. The van der Waals surface area contributed by atoms with Gasteiger partial charge in [-0.2, -0.15) is 0 Å². The van der Waals surface area contributed by atoms with Gasteiger partial charge in [0.25, 0.3) is 0 Å². The second kappa shape index (κ2) is 6.02. The molecular weight excluding hydrogens is 198 g/mol. The molecule has 2 rings (SSSR count). The van der Waals surface area contributed by atoms with Gasteiger partial charge in [0.05, 0.1) is 12.2 Å². The molecule has 2 nitrogen and oxygen atoms in total. The van der Waals surface area contributed by atoms with Gasteiger partial charge in [0.1, 0.15) is 0 Å². The third-order valence-electron chi connectivity index (χ3n) is 4.08.